The van der Waals surface area contributed by atoms with Gasteiger partial charge in [-0.3, -0.25) is 0 Å². The third kappa shape index (κ3) is 7.61. The van der Waals surface area contributed by atoms with E-state index in [2.05, 4.69) is 39.1 Å². The Morgan fingerprint density at radius 3 is 2.33 bits per heavy atom. The first-order chi connectivity index (χ1) is 19.1. The number of hydrogen-bond acceptors (Lipinski definition) is 8. The molecule has 0 bridgehead atoms. The quantitative estimate of drug-likeness (QED) is 0.304. The number of aromatic nitrogens is 4. The van der Waals surface area contributed by atoms with E-state index in [0.29, 0.717) is 18.1 Å². The molecule has 3 aliphatic rings. The van der Waals surface area contributed by atoms with Gasteiger partial charge in [-0.05, 0) is 103 Å². The minimum absolute atomic E-state index is 0.335. The molecule has 0 atom stereocenters. The van der Waals surface area contributed by atoms with Crippen molar-refractivity contribution in [2.75, 3.05) is 43.5 Å². The highest BCUT2D eigenvalue weighted by Gasteiger charge is 2.26. The van der Waals surface area contributed by atoms with Gasteiger partial charge in [-0.15, -0.1) is 0 Å². The second-order valence-corrected chi connectivity index (χ2v) is 12.4. The molecule has 3 heterocycles. The summed E-state index contributed by atoms with van der Waals surface area (Å²) < 4.78 is 2.31. The fraction of sp³-hybridized carbons (Fsp3) is 0.833. The van der Waals surface area contributed by atoms with Crippen molar-refractivity contribution in [2.45, 2.75) is 122 Å². The Balaban J connectivity index is 1.22. The van der Waals surface area contributed by atoms with E-state index in [0.717, 1.165) is 67.6 Å². The fourth-order valence-electron chi connectivity index (χ4n) is 7.01. The number of imidazole rings is 1. The summed E-state index contributed by atoms with van der Waals surface area (Å²) in [5.41, 5.74) is 11.7. The van der Waals surface area contributed by atoms with Crippen molar-refractivity contribution >= 4 is 22.9 Å². The van der Waals surface area contributed by atoms with Gasteiger partial charge in [-0.1, -0.05) is 26.7 Å². The van der Waals surface area contributed by atoms with Crippen molar-refractivity contribution in [1.82, 2.24) is 29.4 Å². The highest BCUT2D eigenvalue weighted by molar-refractivity contribution is 5.84. The normalized spacial score (nSPS) is 23.7. The van der Waals surface area contributed by atoms with Crippen LogP contribution in [-0.4, -0.2) is 74.2 Å². The van der Waals surface area contributed by atoms with Crippen LogP contribution in [0.5, 0.6) is 0 Å². The Labute approximate surface area is 235 Å². The van der Waals surface area contributed by atoms with Gasteiger partial charge in [-0.2, -0.15) is 9.97 Å². The molecule has 2 aromatic heterocycles. The van der Waals surface area contributed by atoms with Crippen LogP contribution in [0.2, 0.25) is 0 Å². The lowest BCUT2D eigenvalue weighted by molar-refractivity contribution is 0.197. The Morgan fingerprint density at radius 2 is 1.64 bits per heavy atom. The van der Waals surface area contributed by atoms with Crippen LogP contribution in [0.25, 0.3) is 11.2 Å². The Kier molecular flexibility index (Phi) is 10.3. The maximum Gasteiger partial charge on any atom is 0.227 e. The SMILES string of the molecule is CCCN(CCC)CCCC1CCN(Nc2nc(N[C@H]3CC[C@H](N)CC3)nc3c2ncn3C2CCCC2)CC1. The summed E-state index contributed by atoms with van der Waals surface area (Å²) >= 11 is 0. The molecular weight excluding hydrogens is 486 g/mol. The van der Waals surface area contributed by atoms with Gasteiger partial charge in [0.25, 0.3) is 0 Å². The molecular formula is C30H53N9. The second-order valence-electron chi connectivity index (χ2n) is 12.4. The topological polar surface area (TPSA) is 100 Å². The van der Waals surface area contributed by atoms with E-state index in [4.69, 9.17) is 20.7 Å². The van der Waals surface area contributed by atoms with Gasteiger partial charge in [0.15, 0.2) is 17.0 Å². The van der Waals surface area contributed by atoms with Crippen LogP contribution < -0.4 is 16.5 Å². The zero-order valence-electron chi connectivity index (χ0n) is 24.6. The highest BCUT2D eigenvalue weighted by Crippen LogP contribution is 2.34. The van der Waals surface area contributed by atoms with Crippen LogP contribution in [0.15, 0.2) is 6.33 Å². The summed E-state index contributed by atoms with van der Waals surface area (Å²) in [5.74, 6) is 2.40. The van der Waals surface area contributed by atoms with E-state index in [1.54, 1.807) is 0 Å². The van der Waals surface area contributed by atoms with E-state index < -0.39 is 0 Å². The number of fused-ring (bicyclic) bond motifs is 1. The lowest BCUT2D eigenvalue weighted by atomic mass is 9.92. The molecule has 1 saturated heterocycles. The molecule has 9 nitrogen and oxygen atoms in total. The van der Waals surface area contributed by atoms with Gasteiger partial charge in [0.05, 0.1) is 6.33 Å². The lowest BCUT2D eigenvalue weighted by Crippen LogP contribution is -2.38. The van der Waals surface area contributed by atoms with E-state index in [-0.39, 0.29) is 0 Å². The van der Waals surface area contributed by atoms with Crippen LogP contribution in [0, 0.1) is 5.92 Å². The van der Waals surface area contributed by atoms with E-state index in [1.165, 1.54) is 83.8 Å². The first-order valence-corrected chi connectivity index (χ1v) is 16.1. The van der Waals surface area contributed by atoms with Crippen LogP contribution in [0.4, 0.5) is 11.8 Å². The molecule has 0 spiro atoms. The van der Waals surface area contributed by atoms with Crippen LogP contribution in [0.3, 0.4) is 0 Å². The fourth-order valence-corrected chi connectivity index (χ4v) is 7.01. The van der Waals surface area contributed by atoms with Gasteiger partial charge in [0.1, 0.15) is 0 Å². The largest absolute Gasteiger partial charge is 0.351 e. The maximum atomic E-state index is 6.15. The number of anilines is 2. The molecule has 4 N–H and O–H groups in total. The molecule has 0 radical (unpaired) electrons. The van der Waals surface area contributed by atoms with E-state index in [9.17, 15) is 0 Å². The molecule has 0 aromatic carbocycles. The summed E-state index contributed by atoms with van der Waals surface area (Å²) in [7, 11) is 0. The molecule has 1 aliphatic heterocycles. The lowest BCUT2D eigenvalue weighted by Gasteiger charge is -2.33. The standard InChI is InChI=1S/C30H53N9/c1-3-17-37(18-4-2)19-7-8-23-15-20-38(21-16-23)36-28-27-29(39(22-32-27)26-9-5-6-10-26)35-30(34-28)33-25-13-11-24(31)12-14-25/h22-26H,3-21,31H2,1-2H3,(H2,33,34,35,36)/t24-,25-. The molecule has 3 fully saturated rings. The van der Waals surface area contributed by atoms with Gasteiger partial charge in [0, 0.05) is 31.2 Å². The number of nitrogens with one attached hydrogen (secondary N) is 2. The number of rotatable bonds is 13. The monoisotopic (exact) mass is 539 g/mol. The third-order valence-corrected chi connectivity index (χ3v) is 9.29. The molecule has 2 saturated carbocycles. The summed E-state index contributed by atoms with van der Waals surface area (Å²) in [6, 6.07) is 1.22. The summed E-state index contributed by atoms with van der Waals surface area (Å²) in [6.45, 7) is 10.4. The number of hydrogen-bond donors (Lipinski definition) is 3. The summed E-state index contributed by atoms with van der Waals surface area (Å²) in [5, 5.41) is 6.01. The summed E-state index contributed by atoms with van der Waals surface area (Å²) in [4.78, 5) is 17.5. The Morgan fingerprint density at radius 1 is 0.923 bits per heavy atom. The third-order valence-electron chi connectivity index (χ3n) is 9.29. The predicted octanol–water partition coefficient (Wildman–Crippen LogP) is 5.56. The maximum absolute atomic E-state index is 6.15. The number of nitrogens with two attached hydrogens (primary N) is 1. The molecule has 5 rings (SSSR count). The van der Waals surface area contributed by atoms with Crippen molar-refractivity contribution in [3.8, 4) is 0 Å². The van der Waals surface area contributed by atoms with Crippen LogP contribution in [0.1, 0.15) is 110 Å². The molecule has 218 valence electrons. The average Bonchev–Trinajstić information content (AvgIpc) is 3.62. The van der Waals surface area contributed by atoms with E-state index in [1.807, 2.05) is 6.33 Å². The zero-order valence-corrected chi connectivity index (χ0v) is 24.6. The first kappa shape index (κ1) is 28.6. The molecule has 2 aliphatic carbocycles. The Bertz CT molecular complexity index is 995. The molecule has 0 unspecified atom stereocenters. The first-order valence-electron chi connectivity index (χ1n) is 16.1. The molecule has 2 aromatic rings. The van der Waals surface area contributed by atoms with Crippen LogP contribution in [-0.2, 0) is 0 Å². The smallest absolute Gasteiger partial charge is 0.227 e. The molecule has 39 heavy (non-hydrogen) atoms. The molecule has 0 amide bonds. The van der Waals surface area contributed by atoms with Crippen molar-refractivity contribution in [1.29, 1.82) is 0 Å². The van der Waals surface area contributed by atoms with Gasteiger partial charge in [-0.25, -0.2) is 9.99 Å². The van der Waals surface area contributed by atoms with Gasteiger partial charge >= 0.3 is 0 Å². The number of nitrogens with zero attached hydrogens (tertiary/aromatic N) is 6. The Hall–Kier alpha value is -1.97. The highest BCUT2D eigenvalue weighted by atomic mass is 15.5. The van der Waals surface area contributed by atoms with Gasteiger partial charge in [0.2, 0.25) is 5.95 Å². The van der Waals surface area contributed by atoms with Gasteiger partial charge < -0.3 is 25.9 Å². The number of hydrazine groups is 1. The van der Waals surface area contributed by atoms with Crippen LogP contribution >= 0.6 is 0 Å². The molecule has 9 heteroatoms. The minimum atomic E-state index is 0.335. The van der Waals surface area contributed by atoms with E-state index >= 15 is 0 Å². The van der Waals surface area contributed by atoms with Crippen molar-refractivity contribution in [2.24, 2.45) is 11.7 Å². The second kappa shape index (κ2) is 14.1. The average molecular weight is 540 g/mol. The predicted molar refractivity (Wildman–Crippen MR) is 161 cm³/mol. The minimum Gasteiger partial charge on any atom is -0.351 e. The summed E-state index contributed by atoms with van der Waals surface area (Å²) in [6.07, 6.45) is 19.0. The van der Waals surface area contributed by atoms with Crippen molar-refractivity contribution in [3.05, 3.63) is 6.33 Å². The van der Waals surface area contributed by atoms with Crippen molar-refractivity contribution in [3.63, 3.8) is 0 Å². The van der Waals surface area contributed by atoms with Crippen molar-refractivity contribution < 1.29 is 0 Å². The zero-order chi connectivity index (χ0) is 27.0. The number of piperidine rings is 1.